The van der Waals surface area contributed by atoms with Crippen LogP contribution in [-0.4, -0.2) is 26.5 Å². The maximum Gasteiger partial charge on any atom is 0.305 e. The molecule has 0 aliphatic rings. The van der Waals surface area contributed by atoms with E-state index in [9.17, 15) is 9.59 Å². The lowest BCUT2D eigenvalue weighted by Crippen LogP contribution is -2.02. The molecule has 0 aliphatic carbocycles. The molecule has 0 saturated carbocycles. The predicted octanol–water partition coefficient (Wildman–Crippen LogP) is 1.61. The summed E-state index contributed by atoms with van der Waals surface area (Å²) in [5, 5.41) is 0. The number of methoxy groups -OCH3 is 2. The maximum absolute atomic E-state index is 10.9. The largest absolute Gasteiger partial charge is 0.496 e. The standard InChI is InChI=1S/C12H14O4/c1-15-11-5-3-9(7-10(11)8-13)4-6-12(14)16-2/h3,5,7-8H,4,6H2,1-2H3. The monoisotopic (exact) mass is 222 g/mol. The van der Waals surface area contributed by atoms with E-state index >= 15 is 0 Å². The summed E-state index contributed by atoms with van der Waals surface area (Å²) in [6.07, 6.45) is 1.60. The van der Waals surface area contributed by atoms with E-state index in [2.05, 4.69) is 4.74 Å². The number of esters is 1. The predicted molar refractivity (Wildman–Crippen MR) is 58.7 cm³/mol. The Labute approximate surface area is 94.2 Å². The van der Waals surface area contributed by atoms with E-state index in [0.29, 0.717) is 24.2 Å². The smallest absolute Gasteiger partial charge is 0.305 e. The number of ether oxygens (including phenoxy) is 2. The van der Waals surface area contributed by atoms with Crippen LogP contribution in [0.15, 0.2) is 18.2 Å². The highest BCUT2D eigenvalue weighted by atomic mass is 16.5. The third-order valence-electron chi connectivity index (χ3n) is 2.27. The Morgan fingerprint density at radius 2 is 2.12 bits per heavy atom. The zero-order chi connectivity index (χ0) is 12.0. The van der Waals surface area contributed by atoms with Crippen molar-refractivity contribution in [1.82, 2.24) is 0 Å². The van der Waals surface area contributed by atoms with Gasteiger partial charge in [-0.3, -0.25) is 9.59 Å². The number of rotatable bonds is 5. The summed E-state index contributed by atoms with van der Waals surface area (Å²) in [7, 11) is 2.86. The van der Waals surface area contributed by atoms with Gasteiger partial charge in [0.25, 0.3) is 0 Å². The van der Waals surface area contributed by atoms with Crippen LogP contribution < -0.4 is 4.74 Å². The van der Waals surface area contributed by atoms with Crippen LogP contribution in [0.2, 0.25) is 0 Å². The molecule has 0 radical (unpaired) electrons. The molecule has 0 atom stereocenters. The molecule has 1 aromatic rings. The molecule has 0 heterocycles. The van der Waals surface area contributed by atoms with E-state index in [-0.39, 0.29) is 5.97 Å². The number of carbonyl (C=O) groups is 2. The van der Waals surface area contributed by atoms with Crippen LogP contribution in [0.5, 0.6) is 5.75 Å². The molecule has 4 heteroatoms. The Bertz CT molecular complexity index is 385. The van der Waals surface area contributed by atoms with Crippen LogP contribution in [0.3, 0.4) is 0 Å². The number of hydrogen-bond acceptors (Lipinski definition) is 4. The Morgan fingerprint density at radius 3 is 2.69 bits per heavy atom. The fraction of sp³-hybridized carbons (Fsp3) is 0.333. The van der Waals surface area contributed by atoms with Crippen molar-refractivity contribution < 1.29 is 19.1 Å². The first kappa shape index (κ1) is 12.2. The first-order chi connectivity index (χ1) is 7.71. The molecule has 0 N–H and O–H groups in total. The van der Waals surface area contributed by atoms with Gasteiger partial charge in [0, 0.05) is 6.42 Å². The molecule has 1 aromatic carbocycles. The quantitative estimate of drug-likeness (QED) is 0.561. The van der Waals surface area contributed by atoms with Crippen LogP contribution in [0.1, 0.15) is 22.3 Å². The molecule has 0 fully saturated rings. The summed E-state index contributed by atoms with van der Waals surface area (Å²) in [4.78, 5) is 21.7. The minimum atomic E-state index is -0.261. The maximum atomic E-state index is 10.9. The third kappa shape index (κ3) is 3.08. The first-order valence-corrected chi connectivity index (χ1v) is 4.90. The highest BCUT2D eigenvalue weighted by Gasteiger charge is 2.05. The van der Waals surface area contributed by atoms with Gasteiger partial charge in [-0.2, -0.15) is 0 Å². The molecule has 86 valence electrons. The zero-order valence-corrected chi connectivity index (χ0v) is 9.36. The van der Waals surface area contributed by atoms with E-state index in [4.69, 9.17) is 4.74 Å². The molecular weight excluding hydrogens is 208 g/mol. The molecule has 1 rings (SSSR count). The molecule has 0 spiro atoms. The molecule has 0 saturated heterocycles. The second-order valence-electron chi connectivity index (χ2n) is 3.27. The number of aldehydes is 1. The van der Waals surface area contributed by atoms with Gasteiger partial charge in [0.15, 0.2) is 6.29 Å². The summed E-state index contributed by atoms with van der Waals surface area (Å²) in [6, 6.07) is 5.26. The van der Waals surface area contributed by atoms with Crippen molar-refractivity contribution in [2.24, 2.45) is 0 Å². The van der Waals surface area contributed by atoms with Gasteiger partial charge >= 0.3 is 5.97 Å². The average molecular weight is 222 g/mol. The van der Waals surface area contributed by atoms with E-state index in [1.165, 1.54) is 14.2 Å². The minimum absolute atomic E-state index is 0.261. The van der Waals surface area contributed by atoms with Crippen molar-refractivity contribution in [3.63, 3.8) is 0 Å². The van der Waals surface area contributed by atoms with Gasteiger partial charge in [-0.25, -0.2) is 0 Å². The van der Waals surface area contributed by atoms with Gasteiger partial charge < -0.3 is 9.47 Å². The van der Waals surface area contributed by atoms with E-state index in [0.717, 1.165) is 11.8 Å². The number of benzene rings is 1. The van der Waals surface area contributed by atoms with Crippen LogP contribution in [-0.2, 0) is 16.0 Å². The lowest BCUT2D eigenvalue weighted by Gasteiger charge is -2.06. The number of aryl methyl sites for hydroxylation is 1. The molecule has 0 aromatic heterocycles. The van der Waals surface area contributed by atoms with Gasteiger partial charge in [0.1, 0.15) is 5.75 Å². The van der Waals surface area contributed by atoms with Gasteiger partial charge in [-0.15, -0.1) is 0 Å². The summed E-state index contributed by atoms with van der Waals surface area (Å²) < 4.78 is 9.56. The Kier molecular flexibility index (Phi) is 4.51. The van der Waals surface area contributed by atoms with Crippen molar-refractivity contribution in [1.29, 1.82) is 0 Å². The molecule has 0 unspecified atom stereocenters. The van der Waals surface area contributed by atoms with Crippen molar-refractivity contribution in [3.8, 4) is 5.75 Å². The lowest BCUT2D eigenvalue weighted by molar-refractivity contribution is -0.140. The normalized spacial score (nSPS) is 9.62. The van der Waals surface area contributed by atoms with Crippen LogP contribution in [0.4, 0.5) is 0 Å². The third-order valence-corrected chi connectivity index (χ3v) is 2.27. The van der Waals surface area contributed by atoms with Gasteiger partial charge in [0.05, 0.1) is 19.8 Å². The number of carbonyl (C=O) groups excluding carboxylic acids is 2. The highest BCUT2D eigenvalue weighted by molar-refractivity contribution is 5.79. The van der Waals surface area contributed by atoms with E-state index < -0.39 is 0 Å². The highest BCUT2D eigenvalue weighted by Crippen LogP contribution is 2.18. The lowest BCUT2D eigenvalue weighted by atomic mass is 10.1. The van der Waals surface area contributed by atoms with Crippen molar-refractivity contribution in [2.45, 2.75) is 12.8 Å². The van der Waals surface area contributed by atoms with Gasteiger partial charge in [-0.05, 0) is 24.1 Å². The number of hydrogen-bond donors (Lipinski definition) is 0. The summed E-state index contributed by atoms with van der Waals surface area (Å²) >= 11 is 0. The van der Waals surface area contributed by atoms with Crippen LogP contribution >= 0.6 is 0 Å². The Balaban J connectivity index is 2.75. The SMILES string of the molecule is COC(=O)CCc1ccc(OC)c(C=O)c1. The van der Waals surface area contributed by atoms with Crippen molar-refractivity contribution in [3.05, 3.63) is 29.3 Å². The van der Waals surface area contributed by atoms with Crippen LogP contribution in [0.25, 0.3) is 0 Å². The average Bonchev–Trinajstić information content (AvgIpc) is 2.35. The zero-order valence-electron chi connectivity index (χ0n) is 9.36. The van der Waals surface area contributed by atoms with Crippen molar-refractivity contribution >= 4 is 12.3 Å². The first-order valence-electron chi connectivity index (χ1n) is 4.90. The molecule has 0 amide bonds. The van der Waals surface area contributed by atoms with E-state index in [1.54, 1.807) is 12.1 Å². The van der Waals surface area contributed by atoms with E-state index in [1.807, 2.05) is 6.07 Å². The topological polar surface area (TPSA) is 52.6 Å². The fourth-order valence-corrected chi connectivity index (χ4v) is 1.38. The minimum Gasteiger partial charge on any atom is -0.496 e. The summed E-state index contributed by atoms with van der Waals surface area (Å²) in [5.74, 6) is 0.278. The molecule has 0 bridgehead atoms. The summed E-state index contributed by atoms with van der Waals surface area (Å²) in [5.41, 5.74) is 1.40. The second kappa shape index (κ2) is 5.90. The Morgan fingerprint density at radius 1 is 1.38 bits per heavy atom. The molecule has 0 aliphatic heterocycles. The van der Waals surface area contributed by atoms with Gasteiger partial charge in [0.2, 0.25) is 0 Å². The molecule has 4 nitrogen and oxygen atoms in total. The fourth-order valence-electron chi connectivity index (χ4n) is 1.38. The molecular formula is C12H14O4. The summed E-state index contributed by atoms with van der Waals surface area (Å²) in [6.45, 7) is 0. The van der Waals surface area contributed by atoms with Crippen molar-refractivity contribution in [2.75, 3.05) is 14.2 Å². The Hall–Kier alpha value is -1.84. The van der Waals surface area contributed by atoms with Gasteiger partial charge in [-0.1, -0.05) is 6.07 Å². The second-order valence-corrected chi connectivity index (χ2v) is 3.27. The van der Waals surface area contributed by atoms with Crippen LogP contribution in [0, 0.1) is 0 Å². The molecule has 16 heavy (non-hydrogen) atoms.